The molecule has 6 heteroatoms. The van der Waals surface area contributed by atoms with Gasteiger partial charge in [0.05, 0.1) is 36.5 Å². The van der Waals surface area contributed by atoms with E-state index in [1.165, 1.54) is 62.2 Å². The molecule has 5 nitrogen and oxygen atoms in total. The number of piperidine rings is 1. The molecule has 3 heterocycles. The van der Waals surface area contributed by atoms with Crippen molar-refractivity contribution in [3.8, 4) is 5.69 Å². The number of hydrogen-bond donors (Lipinski definition) is 0. The Morgan fingerprint density at radius 3 is 2.34 bits per heavy atom. The molecule has 156 valence electrons. The normalized spacial score (nSPS) is 22.0. The Hall–Kier alpha value is -1.92. The van der Waals surface area contributed by atoms with E-state index >= 15 is 0 Å². The van der Waals surface area contributed by atoms with Gasteiger partial charge in [0.15, 0.2) is 0 Å². The van der Waals surface area contributed by atoms with E-state index in [1.54, 1.807) is 0 Å². The number of morpholine rings is 1. The van der Waals surface area contributed by atoms with Crippen molar-refractivity contribution in [1.29, 1.82) is 0 Å². The number of aromatic nitrogens is 2. The lowest BCUT2D eigenvalue weighted by molar-refractivity contribution is 0.0289. The van der Waals surface area contributed by atoms with Crippen molar-refractivity contribution in [1.82, 2.24) is 14.7 Å². The standard InChI is InChI=1S/C23H31FN4O/c24-20-4-6-21(7-5-20)28-17-22(23(25-28)19-2-1-3-19)27-10-8-18(9-11-27)16-26-12-14-29-15-13-26/h4-7,17-19H,1-3,8-16H2. The second-order valence-corrected chi connectivity index (χ2v) is 8.79. The van der Waals surface area contributed by atoms with Crippen LogP contribution >= 0.6 is 0 Å². The van der Waals surface area contributed by atoms with Crippen LogP contribution in [0.25, 0.3) is 5.69 Å². The topological polar surface area (TPSA) is 33.5 Å². The number of ether oxygens (including phenoxy) is 1. The first kappa shape index (κ1) is 19.1. The molecule has 2 aromatic rings. The highest BCUT2D eigenvalue weighted by Gasteiger charge is 2.30. The fourth-order valence-electron chi connectivity index (χ4n) is 4.83. The van der Waals surface area contributed by atoms with Crippen LogP contribution in [-0.4, -0.2) is 60.6 Å². The smallest absolute Gasteiger partial charge is 0.123 e. The monoisotopic (exact) mass is 398 g/mol. The van der Waals surface area contributed by atoms with E-state index < -0.39 is 0 Å². The van der Waals surface area contributed by atoms with Gasteiger partial charge in [-0.2, -0.15) is 5.10 Å². The molecule has 3 fully saturated rings. The molecule has 0 amide bonds. The summed E-state index contributed by atoms with van der Waals surface area (Å²) in [6.07, 6.45) is 8.42. The van der Waals surface area contributed by atoms with Crippen molar-refractivity contribution in [2.45, 2.75) is 38.0 Å². The summed E-state index contributed by atoms with van der Waals surface area (Å²) in [5, 5.41) is 4.95. The van der Waals surface area contributed by atoms with Crippen LogP contribution in [0.1, 0.15) is 43.7 Å². The third-order valence-corrected chi connectivity index (χ3v) is 6.88. The minimum Gasteiger partial charge on any atom is -0.379 e. The van der Waals surface area contributed by atoms with Crippen LogP contribution in [0.2, 0.25) is 0 Å². The molecular formula is C23H31FN4O. The number of anilines is 1. The molecule has 1 aromatic carbocycles. The molecule has 2 saturated heterocycles. The molecule has 1 aromatic heterocycles. The summed E-state index contributed by atoms with van der Waals surface area (Å²) in [6, 6.07) is 6.64. The number of rotatable bonds is 5. The number of benzene rings is 1. The van der Waals surface area contributed by atoms with E-state index in [4.69, 9.17) is 9.84 Å². The van der Waals surface area contributed by atoms with Crippen molar-refractivity contribution in [2.75, 3.05) is 50.8 Å². The Kier molecular flexibility index (Phi) is 5.55. The van der Waals surface area contributed by atoms with Gasteiger partial charge < -0.3 is 9.64 Å². The van der Waals surface area contributed by atoms with Crippen LogP contribution < -0.4 is 4.90 Å². The van der Waals surface area contributed by atoms with E-state index in [1.807, 2.05) is 16.8 Å². The first-order chi connectivity index (χ1) is 14.3. The molecular weight excluding hydrogens is 367 g/mol. The average molecular weight is 399 g/mol. The molecule has 29 heavy (non-hydrogen) atoms. The SMILES string of the molecule is Fc1ccc(-n2cc(N3CCC(CN4CCOCC4)CC3)c(C3CCC3)n2)cc1. The van der Waals surface area contributed by atoms with Crippen molar-refractivity contribution in [2.24, 2.45) is 5.92 Å². The van der Waals surface area contributed by atoms with Crippen molar-refractivity contribution >= 4 is 5.69 Å². The Balaban J connectivity index is 1.29. The molecule has 0 radical (unpaired) electrons. The lowest BCUT2D eigenvalue weighted by Crippen LogP contribution is -2.43. The van der Waals surface area contributed by atoms with Gasteiger partial charge in [-0.3, -0.25) is 4.90 Å². The van der Waals surface area contributed by atoms with Gasteiger partial charge in [0, 0.05) is 38.6 Å². The van der Waals surface area contributed by atoms with Crippen LogP contribution in [0.5, 0.6) is 0 Å². The second kappa shape index (κ2) is 8.44. The zero-order chi connectivity index (χ0) is 19.6. The lowest BCUT2D eigenvalue weighted by Gasteiger charge is -2.37. The summed E-state index contributed by atoms with van der Waals surface area (Å²) in [5.74, 6) is 1.16. The van der Waals surface area contributed by atoms with E-state index in [0.29, 0.717) is 5.92 Å². The largest absolute Gasteiger partial charge is 0.379 e. The molecule has 3 aliphatic rings. The van der Waals surface area contributed by atoms with Gasteiger partial charge in [-0.05, 0) is 55.9 Å². The summed E-state index contributed by atoms with van der Waals surface area (Å²) in [4.78, 5) is 5.10. The maximum atomic E-state index is 13.3. The minimum atomic E-state index is -0.206. The Labute approximate surface area is 172 Å². The van der Waals surface area contributed by atoms with Crippen molar-refractivity contribution < 1.29 is 9.13 Å². The molecule has 1 saturated carbocycles. The number of halogens is 1. The van der Waals surface area contributed by atoms with Gasteiger partial charge in [0.1, 0.15) is 5.82 Å². The quantitative estimate of drug-likeness (QED) is 0.767. The Bertz CT molecular complexity index is 803. The summed E-state index contributed by atoms with van der Waals surface area (Å²) in [5.41, 5.74) is 3.47. The third-order valence-electron chi connectivity index (χ3n) is 6.88. The van der Waals surface area contributed by atoms with E-state index in [-0.39, 0.29) is 5.82 Å². The zero-order valence-corrected chi connectivity index (χ0v) is 17.1. The van der Waals surface area contributed by atoms with Gasteiger partial charge in [-0.1, -0.05) is 6.42 Å². The van der Waals surface area contributed by atoms with Crippen LogP contribution in [0.15, 0.2) is 30.5 Å². The molecule has 1 aliphatic carbocycles. The molecule has 0 atom stereocenters. The molecule has 2 aliphatic heterocycles. The molecule has 0 bridgehead atoms. The summed E-state index contributed by atoms with van der Waals surface area (Å²) in [6.45, 7) is 7.33. The van der Waals surface area contributed by atoms with Crippen molar-refractivity contribution in [3.05, 3.63) is 42.0 Å². The highest BCUT2D eigenvalue weighted by molar-refractivity contribution is 5.53. The van der Waals surface area contributed by atoms with Crippen LogP contribution in [0.3, 0.4) is 0 Å². The maximum Gasteiger partial charge on any atom is 0.123 e. The molecule has 5 rings (SSSR count). The molecule has 0 unspecified atom stereocenters. The minimum absolute atomic E-state index is 0.206. The lowest BCUT2D eigenvalue weighted by atomic mass is 9.82. The second-order valence-electron chi connectivity index (χ2n) is 8.79. The van der Waals surface area contributed by atoms with Crippen LogP contribution in [-0.2, 0) is 4.74 Å². The number of hydrogen-bond acceptors (Lipinski definition) is 4. The fraction of sp³-hybridized carbons (Fsp3) is 0.609. The summed E-state index contributed by atoms with van der Waals surface area (Å²) in [7, 11) is 0. The molecule has 0 N–H and O–H groups in total. The first-order valence-corrected chi connectivity index (χ1v) is 11.2. The van der Waals surface area contributed by atoms with E-state index in [0.717, 1.165) is 51.0 Å². The van der Waals surface area contributed by atoms with Crippen LogP contribution in [0, 0.1) is 11.7 Å². The maximum absolute atomic E-state index is 13.3. The van der Waals surface area contributed by atoms with Gasteiger partial charge >= 0.3 is 0 Å². The fourth-order valence-corrected chi connectivity index (χ4v) is 4.83. The Morgan fingerprint density at radius 1 is 0.966 bits per heavy atom. The summed E-state index contributed by atoms with van der Waals surface area (Å²) >= 11 is 0. The molecule has 0 spiro atoms. The summed E-state index contributed by atoms with van der Waals surface area (Å²) < 4.78 is 20.8. The van der Waals surface area contributed by atoms with Gasteiger partial charge in [0.2, 0.25) is 0 Å². The first-order valence-electron chi connectivity index (χ1n) is 11.2. The average Bonchev–Trinajstić information content (AvgIpc) is 3.13. The highest BCUT2D eigenvalue weighted by Crippen LogP contribution is 2.41. The predicted molar refractivity (Wildman–Crippen MR) is 112 cm³/mol. The van der Waals surface area contributed by atoms with Gasteiger partial charge in [-0.15, -0.1) is 0 Å². The Morgan fingerprint density at radius 2 is 1.69 bits per heavy atom. The van der Waals surface area contributed by atoms with Crippen LogP contribution in [0.4, 0.5) is 10.1 Å². The van der Waals surface area contributed by atoms with E-state index in [9.17, 15) is 4.39 Å². The predicted octanol–water partition coefficient (Wildman–Crippen LogP) is 3.83. The van der Waals surface area contributed by atoms with E-state index in [2.05, 4.69) is 16.0 Å². The van der Waals surface area contributed by atoms with Crippen molar-refractivity contribution in [3.63, 3.8) is 0 Å². The van der Waals surface area contributed by atoms with Gasteiger partial charge in [0.25, 0.3) is 0 Å². The third kappa shape index (κ3) is 4.19. The van der Waals surface area contributed by atoms with Gasteiger partial charge in [-0.25, -0.2) is 9.07 Å². The highest BCUT2D eigenvalue weighted by atomic mass is 19.1. The number of nitrogens with zero attached hydrogens (tertiary/aromatic N) is 4. The zero-order valence-electron chi connectivity index (χ0n) is 17.1.